The zero-order valence-electron chi connectivity index (χ0n) is 12.8. The number of hydrogen-bond donors (Lipinski definition) is 1. The number of benzene rings is 1. The van der Waals surface area contributed by atoms with Gasteiger partial charge in [-0.3, -0.25) is 0 Å². The van der Waals surface area contributed by atoms with E-state index in [0.29, 0.717) is 0 Å². The summed E-state index contributed by atoms with van der Waals surface area (Å²) < 4.78 is 13.0. The molecule has 1 aromatic carbocycles. The second kappa shape index (κ2) is 6.73. The van der Waals surface area contributed by atoms with Crippen molar-refractivity contribution in [3.8, 4) is 0 Å². The van der Waals surface area contributed by atoms with E-state index >= 15 is 0 Å². The lowest BCUT2D eigenvalue weighted by molar-refractivity contribution is 0.628. The standard InChI is InChI=1S/C17H21FN4/c1-13-19-16(21-15-8-6-14(18)7-9-15)12-17(20-13)22-10-4-2-3-5-11-22/h6-9,12H,2-5,10-11H2,1H3,(H,19,20,21). The molecule has 0 radical (unpaired) electrons. The molecule has 2 heterocycles. The zero-order valence-corrected chi connectivity index (χ0v) is 12.8. The summed E-state index contributed by atoms with van der Waals surface area (Å²) in [7, 11) is 0. The van der Waals surface area contributed by atoms with Crippen LogP contribution in [-0.2, 0) is 0 Å². The second-order valence-electron chi connectivity index (χ2n) is 5.69. The van der Waals surface area contributed by atoms with Gasteiger partial charge in [-0.15, -0.1) is 0 Å². The molecule has 0 aliphatic carbocycles. The van der Waals surface area contributed by atoms with E-state index in [9.17, 15) is 4.39 Å². The number of nitrogens with one attached hydrogen (secondary N) is 1. The van der Waals surface area contributed by atoms with Crippen molar-refractivity contribution in [3.63, 3.8) is 0 Å². The quantitative estimate of drug-likeness (QED) is 0.928. The van der Waals surface area contributed by atoms with Crippen LogP contribution in [0.2, 0.25) is 0 Å². The van der Waals surface area contributed by atoms with Gasteiger partial charge in [0.05, 0.1) is 0 Å². The molecular formula is C17H21FN4. The molecule has 0 saturated carbocycles. The van der Waals surface area contributed by atoms with Crippen molar-refractivity contribution in [2.24, 2.45) is 0 Å². The molecule has 22 heavy (non-hydrogen) atoms. The van der Waals surface area contributed by atoms with Crippen molar-refractivity contribution >= 4 is 17.3 Å². The minimum absolute atomic E-state index is 0.241. The summed E-state index contributed by atoms with van der Waals surface area (Å²) in [5, 5.41) is 3.22. The number of rotatable bonds is 3. The fourth-order valence-electron chi connectivity index (χ4n) is 2.76. The molecule has 1 aromatic heterocycles. The first kappa shape index (κ1) is 14.8. The molecule has 5 heteroatoms. The first-order chi connectivity index (χ1) is 10.7. The minimum Gasteiger partial charge on any atom is -0.356 e. The van der Waals surface area contributed by atoms with Gasteiger partial charge in [0.1, 0.15) is 23.3 Å². The Labute approximate surface area is 130 Å². The van der Waals surface area contributed by atoms with Crippen molar-refractivity contribution in [2.75, 3.05) is 23.3 Å². The smallest absolute Gasteiger partial charge is 0.136 e. The topological polar surface area (TPSA) is 41.1 Å². The number of anilines is 3. The van der Waals surface area contributed by atoms with Crippen LogP contribution in [0, 0.1) is 12.7 Å². The van der Waals surface area contributed by atoms with E-state index in [1.807, 2.05) is 13.0 Å². The molecule has 0 bridgehead atoms. The summed E-state index contributed by atoms with van der Waals surface area (Å²) in [4.78, 5) is 11.3. The molecule has 4 nitrogen and oxygen atoms in total. The van der Waals surface area contributed by atoms with E-state index in [1.165, 1.54) is 37.8 Å². The number of aryl methyl sites for hydroxylation is 1. The average Bonchev–Trinajstić information content (AvgIpc) is 2.78. The first-order valence-corrected chi connectivity index (χ1v) is 7.84. The summed E-state index contributed by atoms with van der Waals surface area (Å²) in [5.41, 5.74) is 0.821. The average molecular weight is 300 g/mol. The number of hydrogen-bond acceptors (Lipinski definition) is 4. The lowest BCUT2D eigenvalue weighted by atomic mass is 10.2. The van der Waals surface area contributed by atoms with Crippen LogP contribution in [0.5, 0.6) is 0 Å². The highest BCUT2D eigenvalue weighted by Gasteiger charge is 2.13. The highest BCUT2D eigenvalue weighted by Crippen LogP contribution is 2.22. The molecule has 1 fully saturated rings. The van der Waals surface area contributed by atoms with Crippen LogP contribution in [0.15, 0.2) is 30.3 Å². The Bertz CT molecular complexity index is 619. The van der Waals surface area contributed by atoms with Gasteiger partial charge < -0.3 is 10.2 Å². The first-order valence-electron chi connectivity index (χ1n) is 7.84. The van der Waals surface area contributed by atoms with Crippen LogP contribution >= 0.6 is 0 Å². The van der Waals surface area contributed by atoms with Crippen LogP contribution in [0.25, 0.3) is 0 Å². The third kappa shape index (κ3) is 3.72. The largest absolute Gasteiger partial charge is 0.356 e. The van der Waals surface area contributed by atoms with Crippen LogP contribution in [0.4, 0.5) is 21.7 Å². The van der Waals surface area contributed by atoms with E-state index in [4.69, 9.17) is 0 Å². The fraction of sp³-hybridized carbons (Fsp3) is 0.412. The van der Waals surface area contributed by atoms with Crippen molar-refractivity contribution in [2.45, 2.75) is 32.6 Å². The molecule has 0 unspecified atom stereocenters. The highest BCUT2D eigenvalue weighted by molar-refractivity contribution is 5.59. The normalized spacial score (nSPS) is 15.5. The second-order valence-corrected chi connectivity index (χ2v) is 5.69. The summed E-state index contributed by atoms with van der Waals surface area (Å²) in [6.45, 7) is 4.00. The fourth-order valence-corrected chi connectivity index (χ4v) is 2.76. The summed E-state index contributed by atoms with van der Waals surface area (Å²) in [5.74, 6) is 2.22. The molecule has 1 saturated heterocycles. The molecule has 3 rings (SSSR count). The SMILES string of the molecule is Cc1nc(Nc2ccc(F)cc2)cc(N2CCCCCC2)n1. The van der Waals surface area contributed by atoms with E-state index in [1.54, 1.807) is 12.1 Å². The van der Waals surface area contributed by atoms with Crippen LogP contribution in [0.3, 0.4) is 0 Å². The Kier molecular flexibility index (Phi) is 4.51. The molecule has 1 aliphatic heterocycles. The molecule has 0 amide bonds. The maximum atomic E-state index is 13.0. The van der Waals surface area contributed by atoms with Gasteiger partial charge in [-0.2, -0.15) is 0 Å². The monoisotopic (exact) mass is 300 g/mol. The van der Waals surface area contributed by atoms with Gasteiger partial charge in [0.15, 0.2) is 0 Å². The minimum atomic E-state index is -0.241. The summed E-state index contributed by atoms with van der Waals surface area (Å²) in [6.07, 6.45) is 5.01. The van der Waals surface area contributed by atoms with E-state index < -0.39 is 0 Å². The molecular weight excluding hydrogens is 279 g/mol. The Hall–Kier alpha value is -2.17. The predicted molar refractivity (Wildman–Crippen MR) is 87.1 cm³/mol. The van der Waals surface area contributed by atoms with Gasteiger partial charge >= 0.3 is 0 Å². The van der Waals surface area contributed by atoms with Crippen LogP contribution < -0.4 is 10.2 Å². The third-order valence-electron chi connectivity index (χ3n) is 3.87. The Balaban J connectivity index is 1.81. The predicted octanol–water partition coefficient (Wildman–Crippen LogP) is 4.05. The Morgan fingerprint density at radius 1 is 1.00 bits per heavy atom. The van der Waals surface area contributed by atoms with Crippen molar-refractivity contribution < 1.29 is 4.39 Å². The van der Waals surface area contributed by atoms with Crippen molar-refractivity contribution in [3.05, 3.63) is 42.0 Å². The van der Waals surface area contributed by atoms with Crippen LogP contribution in [0.1, 0.15) is 31.5 Å². The van der Waals surface area contributed by atoms with Gasteiger partial charge in [-0.05, 0) is 44.0 Å². The van der Waals surface area contributed by atoms with E-state index in [2.05, 4.69) is 20.2 Å². The molecule has 1 N–H and O–H groups in total. The number of halogens is 1. The van der Waals surface area contributed by atoms with E-state index in [0.717, 1.165) is 36.2 Å². The Morgan fingerprint density at radius 2 is 1.68 bits per heavy atom. The van der Waals surface area contributed by atoms with Gasteiger partial charge in [0.25, 0.3) is 0 Å². The lowest BCUT2D eigenvalue weighted by Gasteiger charge is -2.22. The molecule has 0 atom stereocenters. The van der Waals surface area contributed by atoms with Crippen molar-refractivity contribution in [1.29, 1.82) is 0 Å². The van der Waals surface area contributed by atoms with Gasteiger partial charge in [-0.1, -0.05) is 12.8 Å². The summed E-state index contributed by atoms with van der Waals surface area (Å²) >= 11 is 0. The highest BCUT2D eigenvalue weighted by atomic mass is 19.1. The molecule has 116 valence electrons. The maximum absolute atomic E-state index is 13.0. The van der Waals surface area contributed by atoms with Crippen molar-refractivity contribution in [1.82, 2.24) is 9.97 Å². The lowest BCUT2D eigenvalue weighted by Crippen LogP contribution is -2.25. The van der Waals surface area contributed by atoms with Gasteiger partial charge in [-0.25, -0.2) is 14.4 Å². The van der Waals surface area contributed by atoms with E-state index in [-0.39, 0.29) is 5.82 Å². The Morgan fingerprint density at radius 3 is 2.36 bits per heavy atom. The zero-order chi connectivity index (χ0) is 15.4. The van der Waals surface area contributed by atoms with Gasteiger partial charge in [0.2, 0.25) is 0 Å². The number of aromatic nitrogens is 2. The summed E-state index contributed by atoms with van der Waals surface area (Å²) in [6, 6.07) is 8.26. The maximum Gasteiger partial charge on any atom is 0.136 e. The third-order valence-corrected chi connectivity index (χ3v) is 3.87. The molecule has 2 aromatic rings. The molecule has 1 aliphatic rings. The van der Waals surface area contributed by atoms with Gasteiger partial charge in [0, 0.05) is 24.8 Å². The number of nitrogens with zero attached hydrogens (tertiary/aromatic N) is 3. The van der Waals surface area contributed by atoms with Crippen LogP contribution in [-0.4, -0.2) is 23.1 Å². The molecule has 0 spiro atoms.